The van der Waals surface area contributed by atoms with Gasteiger partial charge >= 0.3 is 0 Å². The molecule has 1 aromatic heterocycles. The number of nitrogens with one attached hydrogen (secondary N) is 1. The SMILES string of the molecule is CCN(CC)CCNc1ccc2c(c1)CN(c1ncnc3c(C)cc(N4CCC(F)(F)C4)cc13)CC2. The van der Waals surface area contributed by atoms with E-state index in [0.717, 1.165) is 79.3 Å². The highest BCUT2D eigenvalue weighted by atomic mass is 19.3. The summed E-state index contributed by atoms with van der Waals surface area (Å²) in [6, 6.07) is 10.6. The molecule has 3 heterocycles. The van der Waals surface area contributed by atoms with E-state index in [9.17, 15) is 8.78 Å². The summed E-state index contributed by atoms with van der Waals surface area (Å²) in [5.74, 6) is -1.76. The summed E-state index contributed by atoms with van der Waals surface area (Å²) in [4.78, 5) is 15.7. The summed E-state index contributed by atoms with van der Waals surface area (Å²) >= 11 is 0. The van der Waals surface area contributed by atoms with Gasteiger partial charge in [0, 0.05) is 55.9 Å². The van der Waals surface area contributed by atoms with Crippen LogP contribution in [-0.4, -0.2) is 66.6 Å². The smallest absolute Gasteiger partial charge is 0.266 e. The van der Waals surface area contributed by atoms with E-state index in [-0.39, 0.29) is 13.0 Å². The fourth-order valence-electron chi connectivity index (χ4n) is 5.45. The van der Waals surface area contributed by atoms with Crippen molar-refractivity contribution in [3.8, 4) is 0 Å². The molecular weight excluding hydrogens is 458 g/mol. The average molecular weight is 495 g/mol. The minimum atomic E-state index is -2.63. The highest BCUT2D eigenvalue weighted by Gasteiger charge is 2.38. The first-order valence-corrected chi connectivity index (χ1v) is 13.1. The summed E-state index contributed by atoms with van der Waals surface area (Å²) in [5.41, 5.74) is 6.50. The molecule has 2 aromatic carbocycles. The van der Waals surface area contributed by atoms with Crippen LogP contribution in [0.1, 0.15) is 37.0 Å². The minimum Gasteiger partial charge on any atom is -0.384 e. The van der Waals surface area contributed by atoms with E-state index in [1.54, 1.807) is 11.2 Å². The Bertz CT molecular complexity index is 1230. The van der Waals surface area contributed by atoms with Crippen molar-refractivity contribution in [1.29, 1.82) is 0 Å². The molecule has 1 fully saturated rings. The van der Waals surface area contributed by atoms with Gasteiger partial charge in [0.15, 0.2) is 0 Å². The average Bonchev–Trinajstić information content (AvgIpc) is 3.25. The van der Waals surface area contributed by atoms with Crippen LogP contribution in [0.4, 0.5) is 26.0 Å². The Morgan fingerprint density at radius 3 is 2.61 bits per heavy atom. The molecule has 0 radical (unpaired) electrons. The summed E-state index contributed by atoms with van der Waals surface area (Å²) in [7, 11) is 0. The van der Waals surface area contributed by atoms with Gasteiger partial charge in [0.05, 0.1) is 12.1 Å². The Kier molecular flexibility index (Phi) is 6.97. The molecular formula is C28H36F2N6. The van der Waals surface area contributed by atoms with Crippen LogP contribution in [0, 0.1) is 6.92 Å². The Hall–Kier alpha value is -3.00. The first-order chi connectivity index (χ1) is 17.4. The summed E-state index contributed by atoms with van der Waals surface area (Å²) in [6.45, 7) is 12.2. The molecule has 0 bridgehead atoms. The molecule has 3 aromatic rings. The monoisotopic (exact) mass is 494 g/mol. The molecule has 36 heavy (non-hydrogen) atoms. The molecule has 0 unspecified atom stereocenters. The molecule has 2 aliphatic heterocycles. The molecule has 1 N–H and O–H groups in total. The third-order valence-corrected chi connectivity index (χ3v) is 7.60. The number of likely N-dealkylation sites (N-methyl/N-ethyl adjacent to an activating group) is 1. The lowest BCUT2D eigenvalue weighted by Gasteiger charge is -2.31. The Balaban J connectivity index is 1.39. The van der Waals surface area contributed by atoms with Crippen molar-refractivity contribution in [3.05, 3.63) is 53.3 Å². The van der Waals surface area contributed by atoms with Gasteiger partial charge in [0.25, 0.3) is 5.92 Å². The number of benzene rings is 2. The lowest BCUT2D eigenvalue weighted by Crippen LogP contribution is -2.31. The van der Waals surface area contributed by atoms with E-state index in [4.69, 9.17) is 0 Å². The number of nitrogens with zero attached hydrogens (tertiary/aromatic N) is 5. The molecule has 0 aliphatic carbocycles. The van der Waals surface area contributed by atoms with Crippen molar-refractivity contribution in [2.24, 2.45) is 0 Å². The second-order valence-corrected chi connectivity index (χ2v) is 9.99. The Morgan fingerprint density at radius 1 is 1.03 bits per heavy atom. The van der Waals surface area contributed by atoms with Gasteiger partial charge in [-0.1, -0.05) is 19.9 Å². The predicted octanol–water partition coefficient (Wildman–Crippen LogP) is 5.10. The van der Waals surface area contributed by atoms with Gasteiger partial charge in [-0.3, -0.25) is 0 Å². The molecule has 0 amide bonds. The third-order valence-electron chi connectivity index (χ3n) is 7.60. The van der Waals surface area contributed by atoms with Crippen molar-refractivity contribution in [3.63, 3.8) is 0 Å². The van der Waals surface area contributed by atoms with E-state index in [0.29, 0.717) is 6.54 Å². The van der Waals surface area contributed by atoms with Crippen molar-refractivity contribution < 1.29 is 8.78 Å². The standard InChI is InChI=1S/C28H36F2N6/c1-4-34(5-2)13-10-31-23-7-6-21-8-11-35(17-22(21)15-23)27-25-16-24(36-12-9-28(29,30)18-36)14-20(3)26(25)32-19-33-27/h6-7,14-16,19,31H,4-5,8-13,17-18H2,1-3H3. The normalized spacial score (nSPS) is 17.2. The van der Waals surface area contributed by atoms with Gasteiger partial charge in [0.2, 0.25) is 0 Å². The zero-order valence-corrected chi connectivity index (χ0v) is 21.5. The van der Waals surface area contributed by atoms with Crippen molar-refractivity contribution in [1.82, 2.24) is 14.9 Å². The lowest BCUT2D eigenvalue weighted by atomic mass is 9.98. The maximum atomic E-state index is 13.9. The van der Waals surface area contributed by atoms with Gasteiger partial charge in [0.1, 0.15) is 12.1 Å². The number of halogens is 2. The van der Waals surface area contributed by atoms with Crippen LogP contribution in [-0.2, 0) is 13.0 Å². The quantitative estimate of drug-likeness (QED) is 0.470. The topological polar surface area (TPSA) is 47.5 Å². The van der Waals surface area contributed by atoms with E-state index < -0.39 is 5.92 Å². The number of alkyl halides is 2. The predicted molar refractivity (Wildman–Crippen MR) is 144 cm³/mol. The molecule has 5 rings (SSSR count). The second-order valence-electron chi connectivity index (χ2n) is 9.99. The van der Waals surface area contributed by atoms with Gasteiger partial charge in [-0.15, -0.1) is 0 Å². The fourth-order valence-corrected chi connectivity index (χ4v) is 5.45. The van der Waals surface area contributed by atoms with Gasteiger partial charge in [-0.05, 0) is 67.4 Å². The molecule has 0 saturated carbocycles. The van der Waals surface area contributed by atoms with Gasteiger partial charge < -0.3 is 20.0 Å². The molecule has 8 heteroatoms. The molecule has 0 atom stereocenters. The van der Waals surface area contributed by atoms with Crippen LogP contribution in [0.2, 0.25) is 0 Å². The summed E-state index contributed by atoms with van der Waals surface area (Å²) in [6.07, 6.45) is 2.46. The zero-order chi connectivity index (χ0) is 25.3. The third kappa shape index (κ3) is 5.09. The molecule has 6 nitrogen and oxygen atoms in total. The number of hydrogen-bond acceptors (Lipinski definition) is 6. The highest BCUT2D eigenvalue weighted by Crippen LogP contribution is 2.36. The van der Waals surface area contributed by atoms with Crippen molar-refractivity contribution in [2.45, 2.75) is 46.1 Å². The second kappa shape index (κ2) is 10.2. The fraction of sp³-hybridized carbons (Fsp3) is 0.500. The first-order valence-electron chi connectivity index (χ1n) is 13.1. The molecule has 0 spiro atoms. The molecule has 1 saturated heterocycles. The molecule has 192 valence electrons. The van der Waals surface area contributed by atoms with Crippen LogP contribution in [0.3, 0.4) is 0 Å². The Morgan fingerprint density at radius 2 is 1.86 bits per heavy atom. The number of fused-ring (bicyclic) bond motifs is 2. The Labute approximate surface area is 212 Å². The van der Waals surface area contributed by atoms with Crippen molar-refractivity contribution in [2.75, 3.05) is 60.9 Å². The number of anilines is 3. The number of rotatable bonds is 8. The van der Waals surface area contributed by atoms with Crippen molar-refractivity contribution >= 4 is 28.1 Å². The van der Waals surface area contributed by atoms with Crippen LogP contribution >= 0.6 is 0 Å². The van der Waals surface area contributed by atoms with Crippen LogP contribution in [0.5, 0.6) is 0 Å². The van der Waals surface area contributed by atoms with E-state index >= 15 is 0 Å². The van der Waals surface area contributed by atoms with Crippen LogP contribution in [0.25, 0.3) is 10.9 Å². The highest BCUT2D eigenvalue weighted by molar-refractivity contribution is 5.94. The van der Waals surface area contributed by atoms with Gasteiger partial charge in [-0.2, -0.15) is 0 Å². The van der Waals surface area contributed by atoms with E-state index in [1.807, 2.05) is 19.1 Å². The maximum absolute atomic E-state index is 13.9. The maximum Gasteiger partial charge on any atom is 0.266 e. The zero-order valence-electron chi connectivity index (χ0n) is 21.5. The van der Waals surface area contributed by atoms with Gasteiger partial charge in [-0.25, -0.2) is 18.7 Å². The van der Waals surface area contributed by atoms with Crippen LogP contribution in [0.15, 0.2) is 36.7 Å². The molecule has 2 aliphatic rings. The first kappa shape index (κ1) is 24.7. The largest absolute Gasteiger partial charge is 0.384 e. The minimum absolute atomic E-state index is 0.101. The summed E-state index contributed by atoms with van der Waals surface area (Å²) in [5, 5.41) is 4.51. The van der Waals surface area contributed by atoms with Crippen LogP contribution < -0.4 is 15.1 Å². The summed E-state index contributed by atoms with van der Waals surface area (Å²) < 4.78 is 27.8. The number of hydrogen-bond donors (Lipinski definition) is 1. The number of aromatic nitrogens is 2. The number of aryl methyl sites for hydroxylation is 1. The van der Waals surface area contributed by atoms with E-state index in [1.165, 1.54) is 11.1 Å². The lowest BCUT2D eigenvalue weighted by molar-refractivity contribution is 0.0257. The van der Waals surface area contributed by atoms with E-state index in [2.05, 4.69) is 57.1 Å².